The molecule has 0 unspecified atom stereocenters. The molecule has 2 N–H and O–H groups in total. The van der Waals surface area contributed by atoms with Crippen LogP contribution in [0.1, 0.15) is 10.4 Å². The number of hydrogen-bond acceptors (Lipinski definition) is 5. The number of hydrazine groups is 1. The molecule has 3 aromatic carbocycles. The number of nitrogens with one attached hydrogen (secondary N) is 2. The third kappa shape index (κ3) is 4.57. The van der Waals surface area contributed by atoms with Gasteiger partial charge in [0.1, 0.15) is 12.4 Å². The second kappa shape index (κ2) is 9.31. The van der Waals surface area contributed by atoms with Gasteiger partial charge in [-0.1, -0.05) is 36.4 Å². The van der Waals surface area contributed by atoms with Gasteiger partial charge in [0.15, 0.2) is 12.0 Å². The largest absolute Gasteiger partial charge is 0.454 e. The molecule has 33 heavy (non-hydrogen) atoms. The van der Waals surface area contributed by atoms with E-state index >= 15 is 0 Å². The van der Waals surface area contributed by atoms with Crippen molar-refractivity contribution < 1.29 is 23.5 Å². The normalized spacial score (nSPS) is 10.7. The van der Waals surface area contributed by atoms with E-state index in [1.165, 1.54) is 18.2 Å². The number of ether oxygens (including phenoxy) is 1. The Kier molecular flexibility index (Phi) is 6.12. The molecule has 4 aromatic rings. The van der Waals surface area contributed by atoms with Crippen LogP contribution in [-0.4, -0.2) is 29.0 Å². The first-order chi connectivity index (χ1) is 16.0. The van der Waals surface area contributed by atoms with Gasteiger partial charge in [-0.05, 0) is 36.4 Å². The van der Waals surface area contributed by atoms with E-state index in [0.29, 0.717) is 21.8 Å². The quantitative estimate of drug-likeness (QED) is 0.277. The van der Waals surface area contributed by atoms with Crippen LogP contribution in [0.5, 0.6) is 0 Å². The summed E-state index contributed by atoms with van der Waals surface area (Å²) in [6.07, 6.45) is 0. The number of hydrogen-bond donors (Lipinski definition) is 2. The summed E-state index contributed by atoms with van der Waals surface area (Å²) < 4.78 is 20.3. The van der Waals surface area contributed by atoms with Crippen LogP contribution in [0.4, 0.5) is 4.39 Å². The Balaban J connectivity index is 1.42. The highest BCUT2D eigenvalue weighted by Gasteiger charge is 2.15. The number of esters is 1. The van der Waals surface area contributed by atoms with Crippen molar-refractivity contribution >= 4 is 39.6 Å². The van der Waals surface area contributed by atoms with Gasteiger partial charge >= 0.3 is 5.97 Å². The van der Waals surface area contributed by atoms with Crippen LogP contribution >= 0.6 is 0 Å². The van der Waals surface area contributed by atoms with E-state index in [1.54, 1.807) is 53.1 Å². The first-order valence-corrected chi connectivity index (χ1v) is 9.95. The molecule has 1 heterocycles. The van der Waals surface area contributed by atoms with Crippen molar-refractivity contribution in [3.8, 4) is 0 Å². The molecular weight excluding hydrogens is 429 g/mol. The molecule has 0 spiro atoms. The van der Waals surface area contributed by atoms with Crippen molar-refractivity contribution in [2.45, 2.75) is 6.54 Å². The number of aromatic nitrogens is 1. The van der Waals surface area contributed by atoms with Gasteiger partial charge in [-0.25, -0.2) is 4.39 Å². The summed E-state index contributed by atoms with van der Waals surface area (Å²) in [4.78, 5) is 49.1. The van der Waals surface area contributed by atoms with E-state index in [1.807, 2.05) is 0 Å². The summed E-state index contributed by atoms with van der Waals surface area (Å²) in [6.45, 7) is -0.900. The number of amides is 2. The number of benzene rings is 3. The van der Waals surface area contributed by atoms with Gasteiger partial charge in [0, 0.05) is 10.8 Å². The molecule has 1 aromatic heterocycles. The average Bonchev–Trinajstić information content (AvgIpc) is 2.84. The van der Waals surface area contributed by atoms with Crippen LogP contribution in [0, 0.1) is 5.82 Å². The smallest absolute Gasteiger partial charge is 0.326 e. The lowest BCUT2D eigenvalue weighted by Gasteiger charge is -2.14. The summed E-state index contributed by atoms with van der Waals surface area (Å²) in [5, 5.41) is 0.912. The minimum Gasteiger partial charge on any atom is -0.454 e. The molecule has 0 radical (unpaired) electrons. The van der Waals surface area contributed by atoms with Crippen LogP contribution in [0.25, 0.3) is 21.8 Å². The molecule has 0 aliphatic rings. The summed E-state index contributed by atoms with van der Waals surface area (Å²) in [5.74, 6) is -3.11. The molecule has 166 valence electrons. The summed E-state index contributed by atoms with van der Waals surface area (Å²) in [5.41, 5.74) is 4.85. The van der Waals surface area contributed by atoms with Gasteiger partial charge in [0.2, 0.25) is 0 Å². The Bertz CT molecular complexity index is 1390. The fourth-order valence-electron chi connectivity index (χ4n) is 3.44. The van der Waals surface area contributed by atoms with Crippen molar-refractivity contribution in [1.82, 2.24) is 15.4 Å². The third-order valence-corrected chi connectivity index (χ3v) is 4.96. The van der Waals surface area contributed by atoms with Crippen LogP contribution in [0.2, 0.25) is 0 Å². The molecule has 0 saturated carbocycles. The monoisotopic (exact) mass is 447 g/mol. The first kappa shape index (κ1) is 21.7. The third-order valence-electron chi connectivity index (χ3n) is 4.96. The van der Waals surface area contributed by atoms with Gasteiger partial charge < -0.3 is 9.30 Å². The van der Waals surface area contributed by atoms with E-state index in [2.05, 4.69) is 10.9 Å². The Hall–Kier alpha value is -4.53. The fourth-order valence-corrected chi connectivity index (χ4v) is 3.44. The van der Waals surface area contributed by atoms with Crippen molar-refractivity contribution in [3.63, 3.8) is 0 Å². The zero-order valence-corrected chi connectivity index (χ0v) is 17.2. The van der Waals surface area contributed by atoms with Crippen LogP contribution in [-0.2, 0) is 20.9 Å². The zero-order valence-electron chi connectivity index (χ0n) is 17.2. The van der Waals surface area contributed by atoms with E-state index in [9.17, 15) is 23.6 Å². The first-order valence-electron chi connectivity index (χ1n) is 9.95. The Morgan fingerprint density at radius 3 is 2.03 bits per heavy atom. The number of carbonyl (C=O) groups excluding carboxylic acids is 3. The van der Waals surface area contributed by atoms with Gasteiger partial charge in [-0.2, -0.15) is 0 Å². The lowest BCUT2D eigenvalue weighted by molar-refractivity contribution is -0.149. The van der Waals surface area contributed by atoms with E-state index in [0.717, 1.165) is 6.07 Å². The zero-order chi connectivity index (χ0) is 23.4. The van der Waals surface area contributed by atoms with Gasteiger partial charge in [-0.15, -0.1) is 0 Å². The number of rotatable bonds is 5. The second-order valence-electron chi connectivity index (χ2n) is 7.09. The maximum atomic E-state index is 13.6. The molecule has 4 rings (SSSR count). The summed E-state index contributed by atoms with van der Waals surface area (Å²) in [6, 6.07) is 19.1. The molecule has 0 saturated heterocycles. The number of fused-ring (bicyclic) bond motifs is 2. The molecule has 9 heteroatoms. The molecule has 0 aliphatic heterocycles. The standard InChI is InChI=1S/C24H18FN3O5/c25-18-10-4-1-7-15(18)24(32)27-26-21(29)14-33-22(30)13-28-19-11-5-2-8-16(19)23(31)17-9-3-6-12-20(17)28/h1-12H,13-14H2,(H,26,29)(H,27,32). The van der Waals surface area contributed by atoms with Crippen molar-refractivity contribution in [2.24, 2.45) is 0 Å². The molecular formula is C24H18FN3O5. The van der Waals surface area contributed by atoms with Gasteiger partial charge in [0.05, 0.1) is 16.6 Å². The van der Waals surface area contributed by atoms with Crippen molar-refractivity contribution in [3.05, 3.63) is 94.4 Å². The topological polar surface area (TPSA) is 106 Å². The molecule has 8 nitrogen and oxygen atoms in total. The molecule has 0 bridgehead atoms. The van der Waals surface area contributed by atoms with E-state index in [-0.39, 0.29) is 17.5 Å². The number of nitrogens with zero attached hydrogens (tertiary/aromatic N) is 1. The predicted octanol–water partition coefficient (Wildman–Crippen LogP) is 2.30. The number of pyridine rings is 1. The minimum atomic E-state index is -0.848. The van der Waals surface area contributed by atoms with E-state index < -0.39 is 30.2 Å². The second-order valence-corrected chi connectivity index (χ2v) is 7.09. The number of carbonyl (C=O) groups is 3. The molecule has 2 amide bonds. The van der Waals surface area contributed by atoms with Crippen molar-refractivity contribution in [1.29, 1.82) is 0 Å². The molecule has 0 atom stereocenters. The highest BCUT2D eigenvalue weighted by Crippen LogP contribution is 2.19. The number of para-hydroxylation sites is 2. The maximum Gasteiger partial charge on any atom is 0.326 e. The SMILES string of the molecule is O=C(COC(=O)Cn1c2ccccc2c(=O)c2ccccc21)NNC(=O)c1ccccc1F. The van der Waals surface area contributed by atoms with Crippen LogP contribution in [0.15, 0.2) is 77.6 Å². The Morgan fingerprint density at radius 2 is 1.39 bits per heavy atom. The summed E-state index contributed by atoms with van der Waals surface area (Å²) in [7, 11) is 0. The van der Waals surface area contributed by atoms with Gasteiger partial charge in [0.25, 0.3) is 11.8 Å². The minimum absolute atomic E-state index is 0.143. The van der Waals surface area contributed by atoms with Crippen molar-refractivity contribution in [2.75, 3.05) is 6.61 Å². The Morgan fingerprint density at radius 1 is 0.818 bits per heavy atom. The fraction of sp³-hybridized carbons (Fsp3) is 0.0833. The van der Waals surface area contributed by atoms with Crippen LogP contribution < -0.4 is 16.3 Å². The number of halogens is 1. The lowest BCUT2D eigenvalue weighted by atomic mass is 10.1. The lowest BCUT2D eigenvalue weighted by Crippen LogP contribution is -2.44. The highest BCUT2D eigenvalue weighted by molar-refractivity contribution is 5.96. The Labute approximate surface area is 186 Å². The maximum absolute atomic E-state index is 13.6. The molecule has 0 aliphatic carbocycles. The summed E-state index contributed by atoms with van der Waals surface area (Å²) >= 11 is 0. The van der Waals surface area contributed by atoms with Crippen LogP contribution in [0.3, 0.4) is 0 Å². The predicted molar refractivity (Wildman–Crippen MR) is 119 cm³/mol. The highest BCUT2D eigenvalue weighted by atomic mass is 19.1. The average molecular weight is 447 g/mol. The molecule has 0 fully saturated rings. The van der Waals surface area contributed by atoms with Gasteiger partial charge in [-0.3, -0.25) is 30.0 Å². The van der Waals surface area contributed by atoms with E-state index in [4.69, 9.17) is 4.74 Å².